The van der Waals surface area contributed by atoms with E-state index in [1.165, 1.54) is 12.3 Å². The first kappa shape index (κ1) is 9.52. The van der Waals surface area contributed by atoms with Crippen LogP contribution < -0.4 is 0 Å². The number of pyridine rings is 1. The molecule has 15 heavy (non-hydrogen) atoms. The van der Waals surface area contributed by atoms with Crippen LogP contribution >= 0.6 is 0 Å². The molecule has 1 aromatic heterocycles. The van der Waals surface area contributed by atoms with Gasteiger partial charge in [0.2, 0.25) is 0 Å². The van der Waals surface area contributed by atoms with Gasteiger partial charge in [0.25, 0.3) is 0 Å². The van der Waals surface area contributed by atoms with Gasteiger partial charge < -0.3 is 0 Å². The van der Waals surface area contributed by atoms with Crippen molar-refractivity contribution in [3.05, 3.63) is 54.0 Å². The zero-order valence-corrected chi connectivity index (χ0v) is 7.85. The first-order valence-corrected chi connectivity index (χ1v) is 4.48. The van der Waals surface area contributed by atoms with Crippen LogP contribution in [0.1, 0.15) is 10.4 Å². The Bertz CT molecular complexity index is 482. The molecule has 0 atom stereocenters. The van der Waals surface area contributed by atoms with Gasteiger partial charge in [-0.15, -0.1) is 0 Å². The third-order valence-electron chi connectivity index (χ3n) is 2.10. The number of carbonyl (C=O) groups excluding carboxylic acids is 1. The number of halogens is 1. The lowest BCUT2D eigenvalue weighted by Crippen LogP contribution is -1.95. The molecule has 0 saturated carbocycles. The smallest absolute Gasteiger partial charge is 0.155 e. The van der Waals surface area contributed by atoms with E-state index in [0.29, 0.717) is 12.0 Å². The molecule has 2 nitrogen and oxygen atoms in total. The summed E-state index contributed by atoms with van der Waals surface area (Å²) < 4.78 is 13.3. The van der Waals surface area contributed by atoms with Gasteiger partial charge in [-0.3, -0.25) is 9.78 Å². The van der Waals surface area contributed by atoms with Crippen molar-refractivity contribution in [1.82, 2.24) is 4.98 Å². The molecular formula is C12H8FNO. The number of benzene rings is 1. The normalized spacial score (nSPS) is 9.93. The van der Waals surface area contributed by atoms with Crippen LogP contribution in [0.3, 0.4) is 0 Å². The summed E-state index contributed by atoms with van der Waals surface area (Å²) in [4.78, 5) is 14.8. The molecule has 0 aliphatic heterocycles. The van der Waals surface area contributed by atoms with Gasteiger partial charge in [0, 0.05) is 11.8 Å². The van der Waals surface area contributed by atoms with Gasteiger partial charge in [-0.05, 0) is 6.07 Å². The summed E-state index contributed by atoms with van der Waals surface area (Å²) in [5.41, 5.74) is 1.12. The van der Waals surface area contributed by atoms with E-state index in [9.17, 15) is 9.18 Å². The predicted octanol–water partition coefficient (Wildman–Crippen LogP) is 2.70. The van der Waals surface area contributed by atoms with Crippen LogP contribution in [-0.2, 0) is 0 Å². The number of hydrogen-bond acceptors (Lipinski definition) is 2. The fraction of sp³-hybridized carbons (Fsp3) is 0. The lowest BCUT2D eigenvalue weighted by atomic mass is 10.1. The minimum Gasteiger partial charge on any atom is -0.298 e. The molecule has 1 aromatic carbocycles. The van der Waals surface area contributed by atoms with Crippen molar-refractivity contribution >= 4 is 6.29 Å². The fourth-order valence-corrected chi connectivity index (χ4v) is 1.39. The second-order valence-electron chi connectivity index (χ2n) is 3.04. The number of aromatic nitrogens is 1. The highest BCUT2D eigenvalue weighted by atomic mass is 19.1. The maximum Gasteiger partial charge on any atom is 0.155 e. The van der Waals surface area contributed by atoms with Crippen LogP contribution in [0.4, 0.5) is 4.39 Å². The predicted molar refractivity (Wildman–Crippen MR) is 55.0 cm³/mol. The summed E-state index contributed by atoms with van der Waals surface area (Å²) >= 11 is 0. The van der Waals surface area contributed by atoms with Gasteiger partial charge in [0.1, 0.15) is 5.82 Å². The second-order valence-corrected chi connectivity index (χ2v) is 3.04. The molecule has 0 spiro atoms. The van der Waals surface area contributed by atoms with Gasteiger partial charge in [-0.25, -0.2) is 4.39 Å². The van der Waals surface area contributed by atoms with E-state index in [1.807, 2.05) is 18.2 Å². The molecule has 0 fully saturated rings. The topological polar surface area (TPSA) is 30.0 Å². The number of nitrogens with zero attached hydrogens (tertiary/aromatic N) is 1. The third-order valence-corrected chi connectivity index (χ3v) is 2.10. The van der Waals surface area contributed by atoms with E-state index >= 15 is 0 Å². The summed E-state index contributed by atoms with van der Waals surface area (Å²) in [6.45, 7) is 0. The summed E-state index contributed by atoms with van der Waals surface area (Å²) in [6, 6.07) is 10.2. The fourth-order valence-electron chi connectivity index (χ4n) is 1.39. The molecule has 0 aliphatic rings. The van der Waals surface area contributed by atoms with Gasteiger partial charge >= 0.3 is 0 Å². The molecule has 0 saturated heterocycles. The Hall–Kier alpha value is -2.03. The molecule has 2 rings (SSSR count). The first-order chi connectivity index (χ1) is 7.33. The van der Waals surface area contributed by atoms with Crippen molar-refractivity contribution in [2.24, 2.45) is 0 Å². The Morgan fingerprint density at radius 2 is 1.87 bits per heavy atom. The van der Waals surface area contributed by atoms with Gasteiger partial charge in [0.15, 0.2) is 6.29 Å². The summed E-state index contributed by atoms with van der Waals surface area (Å²) in [5, 5.41) is 0. The van der Waals surface area contributed by atoms with E-state index in [0.717, 1.165) is 5.56 Å². The molecule has 2 aromatic rings. The molecular weight excluding hydrogens is 193 g/mol. The largest absolute Gasteiger partial charge is 0.298 e. The quantitative estimate of drug-likeness (QED) is 0.699. The molecule has 0 N–H and O–H groups in total. The second kappa shape index (κ2) is 4.00. The minimum atomic E-state index is -0.543. The molecule has 0 bridgehead atoms. The lowest BCUT2D eigenvalue weighted by molar-refractivity contribution is 0.112. The van der Waals surface area contributed by atoms with Crippen molar-refractivity contribution in [2.45, 2.75) is 0 Å². The van der Waals surface area contributed by atoms with Crippen LogP contribution in [0.5, 0.6) is 0 Å². The Balaban J connectivity index is 2.63. The molecule has 74 valence electrons. The van der Waals surface area contributed by atoms with Crippen LogP contribution in [0.2, 0.25) is 0 Å². The molecule has 3 heteroatoms. The van der Waals surface area contributed by atoms with E-state index < -0.39 is 5.82 Å². The van der Waals surface area contributed by atoms with Crippen molar-refractivity contribution in [2.75, 3.05) is 0 Å². The molecule has 0 radical (unpaired) electrons. The Morgan fingerprint density at radius 3 is 2.53 bits per heavy atom. The van der Waals surface area contributed by atoms with Crippen LogP contribution in [0.15, 0.2) is 42.6 Å². The highest BCUT2D eigenvalue weighted by Gasteiger charge is 2.09. The maximum absolute atomic E-state index is 13.3. The Morgan fingerprint density at radius 1 is 1.13 bits per heavy atom. The molecule has 1 heterocycles. The van der Waals surface area contributed by atoms with Gasteiger partial charge in [-0.2, -0.15) is 0 Å². The maximum atomic E-state index is 13.3. The number of hydrogen-bond donors (Lipinski definition) is 0. The Labute approximate surface area is 86.4 Å². The SMILES string of the molecule is O=Cc1c(F)ccnc1-c1ccccc1. The van der Waals surface area contributed by atoms with Crippen LogP contribution in [0.25, 0.3) is 11.3 Å². The summed E-state index contributed by atoms with van der Waals surface area (Å²) in [6.07, 6.45) is 1.84. The highest BCUT2D eigenvalue weighted by Crippen LogP contribution is 2.21. The van der Waals surface area contributed by atoms with E-state index in [-0.39, 0.29) is 5.56 Å². The van der Waals surface area contributed by atoms with Crippen molar-refractivity contribution in [1.29, 1.82) is 0 Å². The minimum absolute atomic E-state index is 0.00343. The number of aldehydes is 1. The van der Waals surface area contributed by atoms with Crippen molar-refractivity contribution in [3.8, 4) is 11.3 Å². The number of carbonyl (C=O) groups is 1. The van der Waals surface area contributed by atoms with E-state index in [4.69, 9.17) is 0 Å². The zero-order chi connectivity index (χ0) is 10.7. The van der Waals surface area contributed by atoms with Gasteiger partial charge in [-0.1, -0.05) is 30.3 Å². The van der Waals surface area contributed by atoms with Crippen LogP contribution in [-0.4, -0.2) is 11.3 Å². The highest BCUT2D eigenvalue weighted by molar-refractivity contribution is 5.85. The standard InChI is InChI=1S/C12H8FNO/c13-11-6-7-14-12(10(11)8-15)9-4-2-1-3-5-9/h1-8H. The van der Waals surface area contributed by atoms with Gasteiger partial charge in [0.05, 0.1) is 11.3 Å². The van der Waals surface area contributed by atoms with Crippen molar-refractivity contribution in [3.63, 3.8) is 0 Å². The van der Waals surface area contributed by atoms with Crippen molar-refractivity contribution < 1.29 is 9.18 Å². The average Bonchev–Trinajstić information content (AvgIpc) is 2.30. The lowest BCUT2D eigenvalue weighted by Gasteiger charge is -2.03. The van der Waals surface area contributed by atoms with E-state index in [2.05, 4.69) is 4.98 Å². The molecule has 0 amide bonds. The molecule has 0 aliphatic carbocycles. The summed E-state index contributed by atoms with van der Waals surface area (Å²) in [7, 11) is 0. The van der Waals surface area contributed by atoms with E-state index in [1.54, 1.807) is 12.1 Å². The zero-order valence-electron chi connectivity index (χ0n) is 7.85. The monoisotopic (exact) mass is 201 g/mol. The number of rotatable bonds is 2. The first-order valence-electron chi connectivity index (χ1n) is 4.48. The average molecular weight is 201 g/mol. The Kier molecular flexibility index (Phi) is 2.54. The van der Waals surface area contributed by atoms with Crippen LogP contribution in [0, 0.1) is 5.82 Å². The third kappa shape index (κ3) is 1.76. The summed E-state index contributed by atoms with van der Waals surface area (Å²) in [5.74, 6) is -0.543. The molecule has 0 unspecified atom stereocenters.